The van der Waals surface area contributed by atoms with Crippen LogP contribution in [0.5, 0.6) is 0 Å². The molecule has 1 saturated heterocycles. The summed E-state index contributed by atoms with van der Waals surface area (Å²) in [5.41, 5.74) is 1.05. The molecule has 0 radical (unpaired) electrons. The molecule has 1 fully saturated rings. The number of alkyl halides is 1. The summed E-state index contributed by atoms with van der Waals surface area (Å²) in [7, 11) is 0. The van der Waals surface area contributed by atoms with Gasteiger partial charge in [0.05, 0.1) is 6.04 Å². The van der Waals surface area contributed by atoms with E-state index in [2.05, 4.69) is 5.32 Å². The first-order valence-corrected chi connectivity index (χ1v) is 3.80. The van der Waals surface area contributed by atoms with Crippen molar-refractivity contribution in [3.63, 3.8) is 0 Å². The van der Waals surface area contributed by atoms with Crippen molar-refractivity contribution < 1.29 is 4.39 Å². The molecule has 1 N–H and O–H groups in total. The summed E-state index contributed by atoms with van der Waals surface area (Å²) in [6.45, 7) is 0.500. The standard InChI is InChI=1S/C9H10FN/c10-8-6-11-9(8)7-4-2-1-3-5-7/h1-5,8-9,11H,6H2/t8-,9+/m0/s1. The molecule has 0 saturated carbocycles. The highest BCUT2D eigenvalue weighted by atomic mass is 19.1. The number of nitrogens with one attached hydrogen (secondary N) is 1. The average Bonchev–Trinajstić information content (AvgIpc) is 2.04. The van der Waals surface area contributed by atoms with E-state index in [9.17, 15) is 4.39 Å². The van der Waals surface area contributed by atoms with Crippen molar-refractivity contribution in [1.82, 2.24) is 5.32 Å². The van der Waals surface area contributed by atoms with E-state index < -0.39 is 6.17 Å². The van der Waals surface area contributed by atoms with Gasteiger partial charge in [0.2, 0.25) is 0 Å². The van der Waals surface area contributed by atoms with Crippen LogP contribution in [-0.4, -0.2) is 12.7 Å². The van der Waals surface area contributed by atoms with Gasteiger partial charge in [-0.2, -0.15) is 0 Å². The Bertz CT molecular complexity index is 235. The smallest absolute Gasteiger partial charge is 0.132 e. The van der Waals surface area contributed by atoms with Crippen LogP contribution in [0.15, 0.2) is 30.3 Å². The van der Waals surface area contributed by atoms with E-state index in [1.54, 1.807) is 0 Å². The first kappa shape index (κ1) is 6.80. The van der Waals surface area contributed by atoms with Gasteiger partial charge in [0.15, 0.2) is 0 Å². The van der Waals surface area contributed by atoms with Crippen LogP contribution in [0.25, 0.3) is 0 Å². The van der Waals surface area contributed by atoms with E-state index in [1.165, 1.54) is 0 Å². The summed E-state index contributed by atoms with van der Waals surface area (Å²) in [5, 5.41) is 3.04. The third-order valence-electron chi connectivity index (χ3n) is 2.05. The molecule has 58 valence electrons. The molecule has 0 bridgehead atoms. The molecule has 1 aliphatic rings. The zero-order chi connectivity index (χ0) is 7.68. The highest BCUT2D eigenvalue weighted by Crippen LogP contribution is 2.25. The van der Waals surface area contributed by atoms with Gasteiger partial charge >= 0.3 is 0 Å². The third-order valence-corrected chi connectivity index (χ3v) is 2.05. The van der Waals surface area contributed by atoms with E-state index in [-0.39, 0.29) is 6.04 Å². The number of halogens is 1. The van der Waals surface area contributed by atoms with E-state index in [0.717, 1.165) is 5.56 Å². The second kappa shape index (κ2) is 2.62. The summed E-state index contributed by atoms with van der Waals surface area (Å²) < 4.78 is 12.8. The maximum Gasteiger partial charge on any atom is 0.132 e. The Balaban J connectivity index is 2.17. The Morgan fingerprint density at radius 1 is 1.27 bits per heavy atom. The lowest BCUT2D eigenvalue weighted by atomic mass is 9.96. The molecule has 1 nitrogen and oxygen atoms in total. The lowest BCUT2D eigenvalue weighted by molar-refractivity contribution is 0.159. The van der Waals surface area contributed by atoms with Gasteiger partial charge in [-0.15, -0.1) is 0 Å². The lowest BCUT2D eigenvalue weighted by Gasteiger charge is -2.32. The topological polar surface area (TPSA) is 12.0 Å². The maximum absolute atomic E-state index is 12.8. The zero-order valence-corrected chi connectivity index (χ0v) is 6.13. The van der Waals surface area contributed by atoms with Crippen molar-refractivity contribution in [3.8, 4) is 0 Å². The van der Waals surface area contributed by atoms with Crippen LogP contribution in [0, 0.1) is 0 Å². The molecule has 11 heavy (non-hydrogen) atoms. The molecule has 0 unspecified atom stereocenters. The van der Waals surface area contributed by atoms with Gasteiger partial charge in [-0.3, -0.25) is 0 Å². The van der Waals surface area contributed by atoms with Crippen molar-refractivity contribution in [1.29, 1.82) is 0 Å². The van der Waals surface area contributed by atoms with Crippen molar-refractivity contribution >= 4 is 0 Å². The fourth-order valence-corrected chi connectivity index (χ4v) is 1.31. The van der Waals surface area contributed by atoms with Gasteiger partial charge in [0.25, 0.3) is 0 Å². The SMILES string of the molecule is F[C@H]1CN[C@@H]1c1ccccc1. The quantitative estimate of drug-likeness (QED) is 0.643. The molecule has 0 amide bonds. The molecule has 1 aliphatic heterocycles. The molecular weight excluding hydrogens is 141 g/mol. The minimum Gasteiger partial charge on any atom is -0.304 e. The van der Waals surface area contributed by atoms with Gasteiger partial charge in [-0.05, 0) is 5.56 Å². The van der Waals surface area contributed by atoms with Crippen LogP contribution in [0.3, 0.4) is 0 Å². The molecular formula is C9H10FN. The van der Waals surface area contributed by atoms with Crippen molar-refractivity contribution in [2.24, 2.45) is 0 Å². The van der Waals surface area contributed by atoms with Crippen LogP contribution >= 0.6 is 0 Å². The Kier molecular flexibility index (Phi) is 1.62. The van der Waals surface area contributed by atoms with Crippen molar-refractivity contribution in [3.05, 3.63) is 35.9 Å². The maximum atomic E-state index is 12.8. The van der Waals surface area contributed by atoms with E-state index in [4.69, 9.17) is 0 Å². The summed E-state index contributed by atoms with van der Waals surface area (Å²) in [6.07, 6.45) is -0.697. The van der Waals surface area contributed by atoms with Crippen LogP contribution in [0.1, 0.15) is 11.6 Å². The zero-order valence-electron chi connectivity index (χ0n) is 6.13. The second-order valence-corrected chi connectivity index (χ2v) is 2.81. The van der Waals surface area contributed by atoms with Crippen LogP contribution < -0.4 is 5.32 Å². The van der Waals surface area contributed by atoms with Crippen LogP contribution in [0.2, 0.25) is 0 Å². The third kappa shape index (κ3) is 1.14. The summed E-state index contributed by atoms with van der Waals surface area (Å²) in [4.78, 5) is 0. The molecule has 0 aromatic heterocycles. The first-order chi connectivity index (χ1) is 5.38. The molecule has 2 rings (SSSR count). The van der Waals surface area contributed by atoms with Gasteiger partial charge in [0.1, 0.15) is 6.17 Å². The van der Waals surface area contributed by atoms with Crippen LogP contribution in [0.4, 0.5) is 4.39 Å². The molecule has 0 aliphatic carbocycles. The minimum absolute atomic E-state index is 0.0591. The van der Waals surface area contributed by atoms with Crippen molar-refractivity contribution in [2.75, 3.05) is 6.54 Å². The molecule has 1 aromatic rings. The van der Waals surface area contributed by atoms with Gasteiger partial charge < -0.3 is 5.32 Å². The van der Waals surface area contributed by atoms with Crippen molar-refractivity contribution in [2.45, 2.75) is 12.2 Å². The summed E-state index contributed by atoms with van der Waals surface area (Å²) in [6, 6.07) is 9.64. The monoisotopic (exact) mass is 151 g/mol. The molecule has 0 spiro atoms. The van der Waals surface area contributed by atoms with Gasteiger partial charge in [-0.1, -0.05) is 30.3 Å². The van der Waals surface area contributed by atoms with Gasteiger partial charge in [0, 0.05) is 6.54 Å². The van der Waals surface area contributed by atoms with Gasteiger partial charge in [-0.25, -0.2) is 4.39 Å². The summed E-state index contributed by atoms with van der Waals surface area (Å²) >= 11 is 0. The molecule has 1 heterocycles. The number of rotatable bonds is 1. The number of hydrogen-bond acceptors (Lipinski definition) is 1. The molecule has 2 heteroatoms. The average molecular weight is 151 g/mol. The number of benzene rings is 1. The van der Waals surface area contributed by atoms with E-state index in [1.807, 2.05) is 30.3 Å². The Morgan fingerprint density at radius 2 is 2.00 bits per heavy atom. The fraction of sp³-hybridized carbons (Fsp3) is 0.333. The largest absolute Gasteiger partial charge is 0.304 e. The molecule has 2 atom stereocenters. The highest BCUT2D eigenvalue weighted by molar-refractivity contribution is 5.22. The Morgan fingerprint density at radius 3 is 2.45 bits per heavy atom. The second-order valence-electron chi connectivity index (χ2n) is 2.81. The predicted molar refractivity (Wildman–Crippen MR) is 42.1 cm³/mol. The Labute approximate surface area is 65.2 Å². The fourth-order valence-electron chi connectivity index (χ4n) is 1.31. The highest BCUT2D eigenvalue weighted by Gasteiger charge is 2.30. The molecule has 1 aromatic carbocycles. The number of hydrogen-bond donors (Lipinski definition) is 1. The van der Waals surface area contributed by atoms with E-state index >= 15 is 0 Å². The van der Waals surface area contributed by atoms with E-state index in [0.29, 0.717) is 6.54 Å². The predicted octanol–water partition coefficient (Wildman–Crippen LogP) is 1.67. The normalized spacial score (nSPS) is 29.5. The lowest BCUT2D eigenvalue weighted by Crippen LogP contribution is -2.47. The summed E-state index contributed by atoms with van der Waals surface area (Å²) in [5.74, 6) is 0. The first-order valence-electron chi connectivity index (χ1n) is 3.80. The van der Waals surface area contributed by atoms with Crippen LogP contribution in [-0.2, 0) is 0 Å². The minimum atomic E-state index is -0.697. The Hall–Kier alpha value is -0.890.